The molecule has 5 aromatic rings. The molecule has 2 aromatic carbocycles. The summed E-state index contributed by atoms with van der Waals surface area (Å²) >= 11 is 10.2. The molecule has 0 radical (unpaired) electrons. The van der Waals surface area contributed by atoms with E-state index in [1.54, 1.807) is 15.9 Å². The quantitative estimate of drug-likeness (QED) is 0.142. The van der Waals surface area contributed by atoms with Crippen LogP contribution in [0.4, 0.5) is 0 Å². The van der Waals surface area contributed by atoms with E-state index in [0.29, 0.717) is 25.2 Å². The third-order valence-corrected chi connectivity index (χ3v) is 8.84. The fraction of sp³-hybridized carbons (Fsp3) is 0.200. The molecule has 0 amide bonds. The highest BCUT2D eigenvalue weighted by Gasteiger charge is 2.20. The van der Waals surface area contributed by atoms with Gasteiger partial charge in [-0.15, -0.1) is 11.3 Å². The molecule has 0 spiro atoms. The summed E-state index contributed by atoms with van der Waals surface area (Å²) in [7, 11) is 0. The summed E-state index contributed by atoms with van der Waals surface area (Å²) in [4.78, 5) is 23.5. The predicted octanol–water partition coefficient (Wildman–Crippen LogP) is 6.95. The van der Waals surface area contributed by atoms with Crippen LogP contribution in [0.1, 0.15) is 27.4 Å². The third-order valence-electron chi connectivity index (χ3n) is 5.70. The first kappa shape index (κ1) is 23.2. The molecule has 0 aliphatic heterocycles. The molecule has 0 fully saturated rings. The van der Waals surface area contributed by atoms with E-state index in [9.17, 15) is 4.79 Å². The molecule has 34 heavy (non-hydrogen) atoms. The fourth-order valence-corrected chi connectivity index (χ4v) is 6.68. The van der Waals surface area contributed by atoms with Crippen LogP contribution in [-0.2, 0) is 5.75 Å². The van der Waals surface area contributed by atoms with Crippen LogP contribution in [0.25, 0.3) is 21.7 Å². The average molecular weight is 523 g/mol. The number of thiazole rings is 2. The number of aryl methyl sites for hydroxylation is 4. The lowest BCUT2D eigenvalue weighted by Gasteiger charge is -2.14. The topological polar surface area (TPSA) is 52.7 Å². The van der Waals surface area contributed by atoms with E-state index in [0.717, 1.165) is 27.6 Å². The van der Waals surface area contributed by atoms with Crippen molar-refractivity contribution in [2.45, 2.75) is 38.6 Å². The predicted molar refractivity (Wildman–Crippen MR) is 146 cm³/mol. The van der Waals surface area contributed by atoms with Gasteiger partial charge in [0.1, 0.15) is 4.70 Å². The fourth-order valence-electron chi connectivity index (χ4n) is 3.76. The van der Waals surface area contributed by atoms with E-state index in [2.05, 4.69) is 36.3 Å². The molecule has 5 nitrogen and oxygen atoms in total. The van der Waals surface area contributed by atoms with Crippen LogP contribution >= 0.6 is 46.7 Å². The number of benzene rings is 2. The summed E-state index contributed by atoms with van der Waals surface area (Å²) in [5, 5.41) is 3.71. The van der Waals surface area contributed by atoms with Crippen molar-refractivity contribution in [2.75, 3.05) is 0 Å². The van der Waals surface area contributed by atoms with Gasteiger partial charge in [0.2, 0.25) is 0 Å². The van der Waals surface area contributed by atoms with Crippen molar-refractivity contribution in [1.29, 1.82) is 0 Å². The van der Waals surface area contributed by atoms with E-state index in [-0.39, 0.29) is 5.56 Å². The van der Waals surface area contributed by atoms with E-state index in [1.165, 1.54) is 34.2 Å². The van der Waals surface area contributed by atoms with Crippen molar-refractivity contribution in [3.63, 3.8) is 0 Å². The number of aromatic nitrogens is 4. The van der Waals surface area contributed by atoms with Gasteiger partial charge in [0, 0.05) is 16.8 Å². The molecule has 9 heteroatoms. The minimum absolute atomic E-state index is 0.102. The standard InChI is InChI=1S/C25H22N4OS4/c1-14-9-10-19(11-16(14)3)28-22-21(34-25(28)31)23(30)29(20-8-6-5-7-15(20)2)24(27-22)33-13-18-12-32-17(4)26-18/h5-12H,13H2,1-4H3. The van der Waals surface area contributed by atoms with E-state index >= 15 is 0 Å². The molecule has 0 aliphatic carbocycles. The van der Waals surface area contributed by atoms with Gasteiger partial charge in [-0.1, -0.05) is 47.4 Å². The average Bonchev–Trinajstić information content (AvgIpc) is 3.37. The highest BCUT2D eigenvalue weighted by atomic mass is 32.2. The minimum Gasteiger partial charge on any atom is -0.275 e. The van der Waals surface area contributed by atoms with Crippen LogP contribution in [-0.4, -0.2) is 19.1 Å². The molecule has 0 atom stereocenters. The summed E-state index contributed by atoms with van der Waals surface area (Å²) in [5.74, 6) is 0.628. The Bertz CT molecular complexity index is 1660. The molecule has 0 saturated carbocycles. The summed E-state index contributed by atoms with van der Waals surface area (Å²) in [6, 6.07) is 14.1. The van der Waals surface area contributed by atoms with Crippen molar-refractivity contribution in [3.05, 3.63) is 89.5 Å². The maximum atomic E-state index is 13.9. The molecule has 0 unspecified atom stereocenters. The first-order chi connectivity index (χ1) is 16.3. The lowest BCUT2D eigenvalue weighted by molar-refractivity contribution is 0.806. The van der Waals surface area contributed by atoms with Gasteiger partial charge in [0.15, 0.2) is 14.8 Å². The van der Waals surface area contributed by atoms with Crippen molar-refractivity contribution < 1.29 is 0 Å². The van der Waals surface area contributed by atoms with Crippen LogP contribution in [0, 0.1) is 31.6 Å². The Kier molecular flexibility index (Phi) is 6.28. The van der Waals surface area contributed by atoms with Gasteiger partial charge in [-0.2, -0.15) is 0 Å². The Morgan fingerprint density at radius 3 is 2.47 bits per heavy atom. The molecule has 172 valence electrons. The number of nitrogens with zero attached hydrogens (tertiary/aromatic N) is 4. The van der Waals surface area contributed by atoms with E-state index in [4.69, 9.17) is 17.2 Å². The highest BCUT2D eigenvalue weighted by molar-refractivity contribution is 7.98. The van der Waals surface area contributed by atoms with E-state index < -0.39 is 0 Å². The van der Waals surface area contributed by atoms with Gasteiger partial charge in [-0.05, 0) is 74.8 Å². The smallest absolute Gasteiger partial charge is 0.275 e. The first-order valence-corrected chi connectivity index (χ1v) is 13.8. The molecule has 0 N–H and O–H groups in total. The number of rotatable bonds is 5. The first-order valence-electron chi connectivity index (χ1n) is 10.7. The van der Waals surface area contributed by atoms with Crippen molar-refractivity contribution in [3.8, 4) is 11.4 Å². The summed E-state index contributed by atoms with van der Waals surface area (Å²) in [6.45, 7) is 8.16. The van der Waals surface area contributed by atoms with Gasteiger partial charge < -0.3 is 0 Å². The molecule has 3 heterocycles. The van der Waals surface area contributed by atoms with Crippen LogP contribution in [0.15, 0.2) is 57.8 Å². The SMILES string of the molecule is Cc1nc(CSc2nc3c(sc(=S)n3-c3ccc(C)c(C)c3)c(=O)n2-c2ccccc2C)cs1. The molecule has 3 aromatic heterocycles. The Hall–Kier alpha value is -2.59. The van der Waals surface area contributed by atoms with Crippen LogP contribution in [0.3, 0.4) is 0 Å². The van der Waals surface area contributed by atoms with Gasteiger partial charge in [-0.25, -0.2) is 9.97 Å². The minimum atomic E-state index is -0.102. The maximum Gasteiger partial charge on any atom is 0.278 e. The van der Waals surface area contributed by atoms with Crippen molar-refractivity contribution >= 4 is 57.0 Å². The van der Waals surface area contributed by atoms with Crippen molar-refractivity contribution in [2.24, 2.45) is 0 Å². The molecule has 5 rings (SSSR count). The normalized spacial score (nSPS) is 11.4. The number of fused-ring (bicyclic) bond motifs is 1. The van der Waals surface area contributed by atoms with Crippen molar-refractivity contribution in [1.82, 2.24) is 19.1 Å². The second kappa shape index (κ2) is 9.22. The van der Waals surface area contributed by atoms with Gasteiger partial charge in [-0.3, -0.25) is 13.9 Å². The molecule has 0 bridgehead atoms. The van der Waals surface area contributed by atoms with Crippen LogP contribution < -0.4 is 5.56 Å². The van der Waals surface area contributed by atoms with Gasteiger partial charge in [0.05, 0.1) is 16.4 Å². The monoisotopic (exact) mass is 522 g/mol. The molecular formula is C25H22N4OS4. The third kappa shape index (κ3) is 4.17. The summed E-state index contributed by atoms with van der Waals surface area (Å²) < 4.78 is 4.80. The zero-order chi connectivity index (χ0) is 24.0. The Morgan fingerprint density at radius 2 is 1.76 bits per heavy atom. The number of hydrogen-bond donors (Lipinski definition) is 0. The largest absolute Gasteiger partial charge is 0.278 e. The van der Waals surface area contributed by atoms with Crippen LogP contribution in [0.5, 0.6) is 0 Å². The maximum absolute atomic E-state index is 13.9. The second-order valence-corrected chi connectivity index (χ2v) is 11.7. The van der Waals surface area contributed by atoms with Gasteiger partial charge in [0.25, 0.3) is 5.56 Å². The molecule has 0 saturated heterocycles. The lowest BCUT2D eigenvalue weighted by Crippen LogP contribution is -2.22. The number of thioether (sulfide) groups is 1. The summed E-state index contributed by atoms with van der Waals surface area (Å²) in [6.07, 6.45) is 0. The van der Waals surface area contributed by atoms with Crippen LogP contribution in [0.2, 0.25) is 0 Å². The van der Waals surface area contributed by atoms with Gasteiger partial charge >= 0.3 is 0 Å². The Labute approximate surface area is 214 Å². The lowest BCUT2D eigenvalue weighted by atomic mass is 10.1. The number of para-hydroxylation sites is 1. The molecule has 0 aliphatic rings. The zero-order valence-electron chi connectivity index (χ0n) is 19.2. The second-order valence-electron chi connectivity index (χ2n) is 8.09. The van der Waals surface area contributed by atoms with E-state index in [1.807, 2.05) is 48.7 Å². The number of hydrogen-bond acceptors (Lipinski definition) is 7. The Morgan fingerprint density at radius 1 is 0.971 bits per heavy atom. The molecular weight excluding hydrogens is 501 g/mol. The highest BCUT2D eigenvalue weighted by Crippen LogP contribution is 2.30. The Balaban J connectivity index is 1.76. The zero-order valence-corrected chi connectivity index (χ0v) is 22.4. The summed E-state index contributed by atoms with van der Waals surface area (Å²) in [5.41, 5.74) is 6.62.